The van der Waals surface area contributed by atoms with Crippen molar-refractivity contribution in [2.75, 3.05) is 18.1 Å². The first kappa shape index (κ1) is 29.8. The fraction of sp³-hybridized carbons (Fsp3) is 0.250. The molecule has 0 bridgehead atoms. The number of hydrogen-bond acceptors (Lipinski definition) is 7. The lowest BCUT2D eigenvalue weighted by atomic mass is 10.1. The first-order valence-electron chi connectivity index (χ1n) is 13.4. The third kappa shape index (κ3) is 8.15. The van der Waals surface area contributed by atoms with Gasteiger partial charge in [-0.25, -0.2) is 4.98 Å². The van der Waals surface area contributed by atoms with Gasteiger partial charge in [-0.15, -0.1) is 0 Å². The number of nitrogens with zero attached hydrogens (tertiary/aromatic N) is 2. The Hall–Kier alpha value is -4.21. The van der Waals surface area contributed by atoms with Crippen molar-refractivity contribution >= 4 is 21.7 Å². The molecule has 0 aliphatic carbocycles. The Labute approximate surface area is 241 Å². The van der Waals surface area contributed by atoms with Gasteiger partial charge in [0.1, 0.15) is 17.2 Å². The third-order valence-corrected chi connectivity index (χ3v) is 7.66. The minimum atomic E-state index is -3.84. The number of carbonyl (C=O) groups excluding carboxylic acids is 1. The molecule has 0 aliphatic rings. The summed E-state index contributed by atoms with van der Waals surface area (Å²) in [5.41, 5.74) is 3.40. The van der Waals surface area contributed by atoms with E-state index in [-0.39, 0.29) is 30.6 Å². The second-order valence-corrected chi connectivity index (χ2v) is 11.1. The summed E-state index contributed by atoms with van der Waals surface area (Å²) < 4.78 is 42.2. The SMILES string of the molecule is CCc1ccc(OCCCOS(=O)(=O)c2ccc(C)cc2)c(CN(C(C)=O)c2cccnc2Oc2ccccc2)c1. The van der Waals surface area contributed by atoms with Crippen molar-refractivity contribution in [3.05, 3.63) is 108 Å². The van der Waals surface area contributed by atoms with Gasteiger partial charge in [-0.2, -0.15) is 8.42 Å². The van der Waals surface area contributed by atoms with Gasteiger partial charge in [-0.3, -0.25) is 8.98 Å². The Bertz CT molecular complexity index is 1560. The summed E-state index contributed by atoms with van der Waals surface area (Å²) in [6, 6.07) is 25.2. The molecular weight excluding hydrogens is 540 g/mol. The molecule has 1 aromatic heterocycles. The van der Waals surface area contributed by atoms with Gasteiger partial charge in [0.25, 0.3) is 10.1 Å². The van der Waals surface area contributed by atoms with E-state index in [0.717, 1.165) is 23.1 Å². The smallest absolute Gasteiger partial charge is 0.296 e. The van der Waals surface area contributed by atoms with Crippen LogP contribution < -0.4 is 14.4 Å². The van der Waals surface area contributed by atoms with Crippen LogP contribution in [-0.4, -0.2) is 32.5 Å². The maximum Gasteiger partial charge on any atom is 0.296 e. The topological polar surface area (TPSA) is 95.0 Å². The average Bonchev–Trinajstić information content (AvgIpc) is 2.97. The van der Waals surface area contributed by atoms with Crippen LogP contribution in [0, 0.1) is 6.92 Å². The standard InChI is InChI=1S/C32H34N2O6S/c1-4-26-15-18-31(38-20-9-21-39-41(36,37)29-16-13-24(2)14-17-29)27(22-26)23-34(25(3)35)30-12-8-19-33-32(30)40-28-10-6-5-7-11-28/h5-8,10-19,22H,4,9,20-21,23H2,1-3H3. The van der Waals surface area contributed by atoms with Crippen molar-refractivity contribution in [1.29, 1.82) is 0 Å². The molecule has 0 radical (unpaired) electrons. The Morgan fingerprint density at radius 3 is 2.39 bits per heavy atom. The van der Waals surface area contributed by atoms with Gasteiger partial charge in [-0.1, -0.05) is 55.0 Å². The lowest BCUT2D eigenvalue weighted by molar-refractivity contribution is -0.116. The number of amides is 1. The Balaban J connectivity index is 1.46. The largest absolute Gasteiger partial charge is 0.493 e. The number of rotatable bonds is 13. The normalized spacial score (nSPS) is 11.2. The highest BCUT2D eigenvalue weighted by atomic mass is 32.2. The summed E-state index contributed by atoms with van der Waals surface area (Å²) in [5.74, 6) is 1.34. The van der Waals surface area contributed by atoms with Gasteiger partial charge in [0.05, 0.1) is 24.7 Å². The van der Waals surface area contributed by atoms with E-state index in [1.54, 1.807) is 35.4 Å². The minimum absolute atomic E-state index is 0.0198. The monoisotopic (exact) mass is 574 g/mol. The summed E-state index contributed by atoms with van der Waals surface area (Å²) in [7, 11) is -3.84. The minimum Gasteiger partial charge on any atom is -0.493 e. The number of carbonyl (C=O) groups is 1. The van der Waals surface area contributed by atoms with E-state index in [1.165, 1.54) is 19.1 Å². The molecule has 3 aromatic carbocycles. The number of aromatic nitrogens is 1. The molecule has 214 valence electrons. The molecule has 8 nitrogen and oxygen atoms in total. The molecule has 41 heavy (non-hydrogen) atoms. The van der Waals surface area contributed by atoms with Gasteiger partial charge < -0.3 is 14.4 Å². The molecule has 0 aliphatic heterocycles. The highest BCUT2D eigenvalue weighted by molar-refractivity contribution is 7.86. The molecule has 1 amide bonds. The molecule has 0 N–H and O–H groups in total. The van der Waals surface area contributed by atoms with Crippen LogP contribution in [0.15, 0.2) is 96.0 Å². The average molecular weight is 575 g/mol. The van der Waals surface area contributed by atoms with Gasteiger partial charge in [0.2, 0.25) is 11.8 Å². The van der Waals surface area contributed by atoms with Crippen molar-refractivity contribution in [3.8, 4) is 17.4 Å². The van der Waals surface area contributed by atoms with E-state index < -0.39 is 10.1 Å². The van der Waals surface area contributed by atoms with Crippen molar-refractivity contribution in [2.45, 2.75) is 45.1 Å². The number of anilines is 1. The van der Waals surface area contributed by atoms with E-state index in [1.807, 2.05) is 55.5 Å². The second-order valence-electron chi connectivity index (χ2n) is 9.43. The summed E-state index contributed by atoms with van der Waals surface area (Å²) in [5, 5.41) is 0. The van der Waals surface area contributed by atoms with Gasteiger partial charge in [0.15, 0.2) is 0 Å². The maximum absolute atomic E-state index is 12.9. The summed E-state index contributed by atoms with van der Waals surface area (Å²) in [4.78, 5) is 19.0. The van der Waals surface area contributed by atoms with Crippen molar-refractivity contribution in [2.24, 2.45) is 0 Å². The van der Waals surface area contributed by atoms with Gasteiger partial charge in [0, 0.05) is 25.1 Å². The fourth-order valence-corrected chi connectivity index (χ4v) is 5.05. The first-order chi connectivity index (χ1) is 19.8. The molecule has 9 heteroatoms. The molecule has 0 saturated carbocycles. The zero-order valence-corrected chi connectivity index (χ0v) is 24.3. The predicted octanol–water partition coefficient (Wildman–Crippen LogP) is 6.47. The van der Waals surface area contributed by atoms with Crippen molar-refractivity contribution < 1.29 is 26.9 Å². The van der Waals surface area contributed by atoms with Gasteiger partial charge in [-0.05, 0) is 61.4 Å². The highest BCUT2D eigenvalue weighted by Gasteiger charge is 2.21. The Kier molecular flexibility index (Phi) is 10.1. The van der Waals surface area contributed by atoms with Crippen LogP contribution in [-0.2, 0) is 32.1 Å². The molecule has 0 atom stereocenters. The molecule has 0 saturated heterocycles. The maximum atomic E-state index is 12.9. The Morgan fingerprint density at radius 1 is 0.927 bits per heavy atom. The van der Waals surface area contributed by atoms with E-state index >= 15 is 0 Å². The molecular formula is C32H34N2O6S. The number of ether oxygens (including phenoxy) is 2. The lowest BCUT2D eigenvalue weighted by Crippen LogP contribution is -2.28. The number of pyridine rings is 1. The number of hydrogen-bond donors (Lipinski definition) is 0. The van der Waals surface area contributed by atoms with E-state index in [4.69, 9.17) is 13.7 Å². The van der Waals surface area contributed by atoms with Crippen LogP contribution in [0.2, 0.25) is 0 Å². The Morgan fingerprint density at radius 2 is 1.68 bits per heavy atom. The highest BCUT2D eigenvalue weighted by Crippen LogP contribution is 2.33. The quantitative estimate of drug-likeness (QED) is 0.133. The third-order valence-electron chi connectivity index (χ3n) is 6.34. The van der Waals surface area contributed by atoms with E-state index in [2.05, 4.69) is 11.9 Å². The summed E-state index contributed by atoms with van der Waals surface area (Å²) in [6.07, 6.45) is 2.79. The molecule has 0 spiro atoms. The summed E-state index contributed by atoms with van der Waals surface area (Å²) in [6.45, 7) is 5.88. The van der Waals surface area contributed by atoms with Crippen molar-refractivity contribution in [1.82, 2.24) is 4.98 Å². The van der Waals surface area contributed by atoms with Crippen molar-refractivity contribution in [3.63, 3.8) is 0 Å². The van der Waals surface area contributed by atoms with E-state index in [9.17, 15) is 13.2 Å². The molecule has 4 rings (SSSR count). The first-order valence-corrected chi connectivity index (χ1v) is 14.8. The fourth-order valence-electron chi connectivity index (χ4n) is 4.10. The van der Waals surface area contributed by atoms with Crippen LogP contribution in [0.4, 0.5) is 5.69 Å². The van der Waals surface area contributed by atoms with Gasteiger partial charge >= 0.3 is 0 Å². The zero-order chi connectivity index (χ0) is 29.2. The number of benzene rings is 3. The molecule has 0 fully saturated rings. The van der Waals surface area contributed by atoms with Crippen LogP contribution in [0.5, 0.6) is 17.4 Å². The molecule has 1 heterocycles. The van der Waals surface area contributed by atoms with Crippen LogP contribution in [0.1, 0.15) is 37.0 Å². The summed E-state index contributed by atoms with van der Waals surface area (Å²) >= 11 is 0. The second kappa shape index (κ2) is 13.9. The predicted molar refractivity (Wildman–Crippen MR) is 158 cm³/mol. The zero-order valence-electron chi connectivity index (χ0n) is 23.4. The molecule has 4 aromatic rings. The lowest BCUT2D eigenvalue weighted by Gasteiger charge is -2.24. The number of aryl methyl sites for hydroxylation is 2. The van der Waals surface area contributed by atoms with Crippen LogP contribution in [0.3, 0.4) is 0 Å². The number of para-hydroxylation sites is 1. The molecule has 0 unspecified atom stereocenters. The van der Waals surface area contributed by atoms with Crippen LogP contribution in [0.25, 0.3) is 0 Å². The van der Waals surface area contributed by atoms with Crippen LogP contribution >= 0.6 is 0 Å². The van der Waals surface area contributed by atoms with E-state index in [0.29, 0.717) is 29.5 Å².